The van der Waals surface area contributed by atoms with Gasteiger partial charge in [0.15, 0.2) is 0 Å². The zero-order valence-electron chi connectivity index (χ0n) is 21.6. The van der Waals surface area contributed by atoms with Crippen LogP contribution in [0.25, 0.3) is 0 Å². The van der Waals surface area contributed by atoms with E-state index in [2.05, 4.69) is 57.1 Å². The van der Waals surface area contributed by atoms with Crippen LogP contribution in [0.15, 0.2) is 11.1 Å². The smallest absolute Gasteiger partial charge is 0.136 e. The van der Waals surface area contributed by atoms with Crippen LogP contribution in [-0.2, 0) is 4.79 Å². The molecule has 0 aliphatic heterocycles. The quantitative estimate of drug-likeness (QED) is 0.337. The molecule has 0 aromatic rings. The normalized spacial score (nSPS) is 44.7. The van der Waals surface area contributed by atoms with Gasteiger partial charge < -0.3 is 0 Å². The number of Topliss-reactive ketones (excluding diaryl/α,β-unsaturated/α-hetero) is 1. The number of hydrogen-bond donors (Lipinski definition) is 0. The summed E-state index contributed by atoms with van der Waals surface area (Å²) < 4.78 is 1.02. The molecule has 4 aliphatic carbocycles. The topological polar surface area (TPSA) is 17.1 Å². The Kier molecular flexibility index (Phi) is 7.42. The van der Waals surface area contributed by atoms with Crippen molar-refractivity contribution >= 4 is 21.7 Å². The van der Waals surface area contributed by atoms with Crippen LogP contribution in [0.5, 0.6) is 0 Å². The summed E-state index contributed by atoms with van der Waals surface area (Å²) in [5, 5.41) is 0. The number of carbonyl (C=O) groups is 1. The molecular formula is C30H49BrO. The zero-order valence-corrected chi connectivity index (χ0v) is 23.2. The molecule has 182 valence electrons. The monoisotopic (exact) mass is 504 g/mol. The second-order valence-corrected chi connectivity index (χ2v) is 14.5. The fraction of sp³-hybridized carbons (Fsp3) is 0.900. The van der Waals surface area contributed by atoms with Gasteiger partial charge in [-0.1, -0.05) is 76.4 Å². The minimum absolute atomic E-state index is 0.215. The van der Waals surface area contributed by atoms with Gasteiger partial charge in [0.2, 0.25) is 0 Å². The van der Waals surface area contributed by atoms with Crippen LogP contribution in [-0.4, -0.2) is 5.78 Å². The summed E-state index contributed by atoms with van der Waals surface area (Å²) in [4.78, 5) is 12.9. The van der Waals surface area contributed by atoms with E-state index < -0.39 is 0 Å². The van der Waals surface area contributed by atoms with Crippen LogP contribution in [0.2, 0.25) is 0 Å². The van der Waals surface area contributed by atoms with Gasteiger partial charge in [-0.15, -0.1) is 0 Å². The maximum absolute atomic E-state index is 12.9. The number of fused-ring (bicyclic) bond motifs is 5. The third-order valence-corrected chi connectivity index (χ3v) is 11.7. The van der Waals surface area contributed by atoms with Gasteiger partial charge >= 0.3 is 0 Å². The van der Waals surface area contributed by atoms with E-state index in [1.807, 2.05) is 0 Å². The highest BCUT2D eigenvalue weighted by Gasteiger charge is 2.61. The SMILES string of the molecule is C=C(Br)CC1C(=O)CC[C@@]2(C)C1CC[C@H]1[C@@H]3CC[C@H]([C@H](C)CCCC(C)C)[C@@]3(C)CC[C@@H]12. The first kappa shape index (κ1) is 25.0. The van der Waals surface area contributed by atoms with Gasteiger partial charge in [-0.05, 0) is 108 Å². The lowest BCUT2D eigenvalue weighted by molar-refractivity contribution is -0.152. The first-order valence-electron chi connectivity index (χ1n) is 13.9. The summed E-state index contributed by atoms with van der Waals surface area (Å²) >= 11 is 3.58. The van der Waals surface area contributed by atoms with Gasteiger partial charge in [0, 0.05) is 12.3 Å². The van der Waals surface area contributed by atoms with E-state index in [9.17, 15) is 4.79 Å². The van der Waals surface area contributed by atoms with Crippen LogP contribution >= 0.6 is 15.9 Å². The number of hydrogen-bond acceptors (Lipinski definition) is 1. The summed E-state index contributed by atoms with van der Waals surface area (Å²) in [6.45, 7) is 16.7. The van der Waals surface area contributed by atoms with E-state index in [1.54, 1.807) is 0 Å². The van der Waals surface area contributed by atoms with Crippen molar-refractivity contribution in [2.45, 2.75) is 112 Å². The summed E-state index contributed by atoms with van der Waals surface area (Å²) in [6.07, 6.45) is 15.5. The minimum atomic E-state index is 0.215. The number of ketones is 1. The molecule has 2 heteroatoms. The van der Waals surface area contributed by atoms with Crippen molar-refractivity contribution in [3.05, 3.63) is 11.1 Å². The van der Waals surface area contributed by atoms with Crippen molar-refractivity contribution in [2.24, 2.45) is 58.2 Å². The highest BCUT2D eigenvalue weighted by Crippen LogP contribution is 2.69. The van der Waals surface area contributed by atoms with E-state index in [-0.39, 0.29) is 5.92 Å². The van der Waals surface area contributed by atoms with Gasteiger partial charge in [0.25, 0.3) is 0 Å². The molecule has 2 unspecified atom stereocenters. The van der Waals surface area contributed by atoms with Crippen molar-refractivity contribution in [1.82, 2.24) is 0 Å². The van der Waals surface area contributed by atoms with Crippen LogP contribution in [0.4, 0.5) is 0 Å². The van der Waals surface area contributed by atoms with E-state index in [4.69, 9.17) is 0 Å². The van der Waals surface area contributed by atoms with Gasteiger partial charge in [0.05, 0.1) is 0 Å². The number of allylic oxidation sites excluding steroid dienone is 1. The lowest BCUT2D eigenvalue weighted by Crippen LogP contribution is -2.56. The molecule has 0 saturated heterocycles. The predicted octanol–water partition coefficient (Wildman–Crippen LogP) is 9.20. The Morgan fingerprint density at radius 1 is 0.969 bits per heavy atom. The van der Waals surface area contributed by atoms with Crippen LogP contribution in [0.3, 0.4) is 0 Å². The second kappa shape index (κ2) is 9.50. The molecule has 4 saturated carbocycles. The molecule has 4 fully saturated rings. The molecule has 0 aromatic heterocycles. The molecule has 4 rings (SSSR count). The lowest BCUT2D eigenvalue weighted by atomic mass is 9.43. The molecule has 0 spiro atoms. The standard InChI is InChI=1S/C30H49BrO/c1-19(2)8-7-9-20(3)24-12-13-25-22-10-11-26-23(18-21(4)31)28(32)15-17-30(26,6)27(22)14-16-29(24,25)5/h19-20,22-27H,4,7-18H2,1-3,5-6H3/t20-,22+,23?,24-,25+,26?,27+,29-,30+/m1/s1. The number of halogens is 1. The van der Waals surface area contributed by atoms with Gasteiger partial charge in [-0.25, -0.2) is 0 Å². The molecule has 0 amide bonds. The maximum Gasteiger partial charge on any atom is 0.136 e. The fourth-order valence-corrected chi connectivity index (χ4v) is 10.2. The van der Waals surface area contributed by atoms with Gasteiger partial charge in [0.1, 0.15) is 5.78 Å². The lowest BCUT2D eigenvalue weighted by Gasteiger charge is -2.62. The molecule has 0 N–H and O–H groups in total. The molecular weight excluding hydrogens is 456 g/mol. The van der Waals surface area contributed by atoms with Gasteiger partial charge in [-0.2, -0.15) is 0 Å². The molecule has 4 aliphatic rings. The van der Waals surface area contributed by atoms with Crippen LogP contribution in [0.1, 0.15) is 112 Å². The number of carbonyl (C=O) groups excluding carboxylic acids is 1. The Morgan fingerprint density at radius 2 is 1.66 bits per heavy atom. The largest absolute Gasteiger partial charge is 0.299 e. The first-order valence-corrected chi connectivity index (χ1v) is 14.7. The Labute approximate surface area is 207 Å². The van der Waals surface area contributed by atoms with Crippen LogP contribution < -0.4 is 0 Å². The molecule has 0 bridgehead atoms. The Hall–Kier alpha value is -0.110. The summed E-state index contributed by atoms with van der Waals surface area (Å²) in [5.41, 5.74) is 0.932. The number of rotatable bonds is 7. The predicted molar refractivity (Wildman–Crippen MR) is 140 cm³/mol. The molecule has 32 heavy (non-hydrogen) atoms. The van der Waals surface area contributed by atoms with E-state index >= 15 is 0 Å². The van der Waals surface area contributed by atoms with Crippen molar-refractivity contribution in [3.63, 3.8) is 0 Å². The molecule has 0 aromatic carbocycles. The van der Waals surface area contributed by atoms with E-state index in [1.165, 1.54) is 57.8 Å². The zero-order chi connectivity index (χ0) is 23.3. The Balaban J connectivity index is 1.50. The van der Waals surface area contributed by atoms with E-state index in [0.717, 1.165) is 59.3 Å². The van der Waals surface area contributed by atoms with E-state index in [0.29, 0.717) is 22.5 Å². The van der Waals surface area contributed by atoms with Crippen molar-refractivity contribution < 1.29 is 4.79 Å². The van der Waals surface area contributed by atoms with Gasteiger partial charge in [-0.3, -0.25) is 4.79 Å². The summed E-state index contributed by atoms with van der Waals surface area (Å²) in [5.74, 6) is 6.65. The van der Waals surface area contributed by atoms with Crippen LogP contribution in [0, 0.1) is 58.2 Å². The Bertz CT molecular complexity index is 712. The molecule has 0 heterocycles. The third kappa shape index (κ3) is 4.33. The molecule has 1 nitrogen and oxygen atoms in total. The first-order chi connectivity index (χ1) is 15.1. The summed E-state index contributed by atoms with van der Waals surface area (Å²) in [7, 11) is 0. The molecule has 9 atom stereocenters. The third-order valence-electron chi connectivity index (χ3n) is 11.4. The highest BCUT2D eigenvalue weighted by molar-refractivity contribution is 9.11. The summed E-state index contributed by atoms with van der Waals surface area (Å²) in [6, 6.07) is 0. The fourth-order valence-electron chi connectivity index (χ4n) is 9.84. The minimum Gasteiger partial charge on any atom is -0.299 e. The molecule has 0 radical (unpaired) electrons. The second-order valence-electron chi connectivity index (χ2n) is 13.4. The Morgan fingerprint density at radius 3 is 2.34 bits per heavy atom. The average Bonchev–Trinajstić information content (AvgIpc) is 3.07. The van der Waals surface area contributed by atoms with Crippen molar-refractivity contribution in [1.29, 1.82) is 0 Å². The van der Waals surface area contributed by atoms with Crippen molar-refractivity contribution in [3.8, 4) is 0 Å². The highest BCUT2D eigenvalue weighted by atomic mass is 79.9. The van der Waals surface area contributed by atoms with Crippen molar-refractivity contribution in [2.75, 3.05) is 0 Å². The average molecular weight is 506 g/mol. The maximum atomic E-state index is 12.9.